The lowest BCUT2D eigenvalue weighted by atomic mass is 9.97. The maximum Gasteiger partial charge on any atom is 0.268 e. The molecular weight excluding hydrogens is 514 g/mol. The molecule has 3 heterocycles. The molecule has 5 rings (SSSR count). The van der Waals surface area contributed by atoms with Gasteiger partial charge in [0, 0.05) is 24.9 Å². The number of nitrogens with zero attached hydrogens (tertiary/aromatic N) is 4. The molecule has 2 aromatic heterocycles. The van der Waals surface area contributed by atoms with Crippen LogP contribution in [-0.4, -0.2) is 47.8 Å². The highest BCUT2D eigenvalue weighted by atomic mass is 32.2. The van der Waals surface area contributed by atoms with Gasteiger partial charge in [0.1, 0.15) is 5.82 Å². The van der Waals surface area contributed by atoms with E-state index in [4.69, 9.17) is 9.72 Å². The van der Waals surface area contributed by atoms with Gasteiger partial charge < -0.3 is 9.64 Å². The summed E-state index contributed by atoms with van der Waals surface area (Å²) in [6.07, 6.45) is 6.36. The molecule has 9 nitrogen and oxygen atoms in total. The van der Waals surface area contributed by atoms with Crippen LogP contribution in [0.4, 0.5) is 5.82 Å². The molecule has 39 heavy (non-hydrogen) atoms. The number of amides is 1. The van der Waals surface area contributed by atoms with Crippen LogP contribution in [0.5, 0.6) is 0 Å². The molecule has 10 heteroatoms. The number of benzene rings is 1. The zero-order chi connectivity index (χ0) is 27.8. The predicted molar refractivity (Wildman–Crippen MR) is 149 cm³/mol. The van der Waals surface area contributed by atoms with Gasteiger partial charge in [0.2, 0.25) is 0 Å². The van der Waals surface area contributed by atoms with E-state index in [0.29, 0.717) is 42.7 Å². The second-order valence-electron chi connectivity index (χ2n) is 11.9. The molecule has 0 bridgehead atoms. The van der Waals surface area contributed by atoms with Gasteiger partial charge in [-0.25, -0.2) is 22.8 Å². The molecular formula is C29H37N5O4S. The Morgan fingerprint density at radius 1 is 1.10 bits per heavy atom. The summed E-state index contributed by atoms with van der Waals surface area (Å²) in [4.78, 5) is 20.4. The highest BCUT2D eigenvalue weighted by molar-refractivity contribution is 7.90. The Kier molecular flexibility index (Phi) is 7.28. The number of carbonyl (C=O) groups is 1. The van der Waals surface area contributed by atoms with Gasteiger partial charge in [-0.3, -0.25) is 4.79 Å². The second kappa shape index (κ2) is 10.4. The van der Waals surface area contributed by atoms with E-state index in [1.54, 1.807) is 35.0 Å². The highest BCUT2D eigenvalue weighted by Crippen LogP contribution is 2.48. The van der Waals surface area contributed by atoms with Gasteiger partial charge in [0.05, 0.1) is 22.8 Å². The van der Waals surface area contributed by atoms with Crippen LogP contribution >= 0.6 is 0 Å². The average molecular weight is 552 g/mol. The van der Waals surface area contributed by atoms with Gasteiger partial charge in [0.25, 0.3) is 15.9 Å². The van der Waals surface area contributed by atoms with E-state index in [1.807, 2.05) is 12.3 Å². The van der Waals surface area contributed by atoms with E-state index < -0.39 is 15.9 Å². The summed E-state index contributed by atoms with van der Waals surface area (Å²) in [6.45, 7) is 10.5. The summed E-state index contributed by atoms with van der Waals surface area (Å²) in [6, 6.07) is 13.1. The summed E-state index contributed by atoms with van der Waals surface area (Å²) >= 11 is 0. The monoisotopic (exact) mass is 551 g/mol. The first kappa shape index (κ1) is 27.3. The van der Waals surface area contributed by atoms with E-state index in [2.05, 4.69) is 42.4 Å². The Bertz CT molecular complexity index is 1450. The minimum absolute atomic E-state index is 0.0251. The molecule has 1 amide bonds. The number of pyridine rings is 1. The third kappa shape index (κ3) is 6.17. The maximum atomic E-state index is 13.4. The molecule has 1 aliphatic heterocycles. The van der Waals surface area contributed by atoms with Gasteiger partial charge in [-0.05, 0) is 81.2 Å². The topological polar surface area (TPSA) is 106 Å². The Balaban J connectivity index is 1.40. The van der Waals surface area contributed by atoms with Crippen molar-refractivity contribution in [3.63, 3.8) is 0 Å². The predicted octanol–water partition coefficient (Wildman–Crippen LogP) is 4.72. The van der Waals surface area contributed by atoms with Crippen LogP contribution in [0.2, 0.25) is 0 Å². The van der Waals surface area contributed by atoms with E-state index in [0.717, 1.165) is 18.5 Å². The van der Waals surface area contributed by atoms with Gasteiger partial charge >= 0.3 is 0 Å². The fourth-order valence-corrected chi connectivity index (χ4v) is 6.26. The van der Waals surface area contributed by atoms with Crippen molar-refractivity contribution in [2.45, 2.75) is 70.4 Å². The quantitative estimate of drug-likeness (QED) is 0.364. The molecule has 1 atom stereocenters. The SMILES string of the molecule is C[C@@H]1CN(c2nc(-n3ccc(COCCC4(C)CC4)n3)ccc2C(=O)NS(=O)(=O)c2ccccc2)C(C)(C)C1. The molecule has 0 spiro atoms. The number of hydrogen-bond acceptors (Lipinski definition) is 7. The van der Waals surface area contributed by atoms with Gasteiger partial charge in [-0.2, -0.15) is 5.10 Å². The number of sulfonamides is 1. The molecule has 1 saturated heterocycles. The number of ether oxygens (including phenoxy) is 1. The molecule has 2 fully saturated rings. The van der Waals surface area contributed by atoms with E-state index in [1.165, 1.54) is 25.0 Å². The normalized spacial score (nSPS) is 19.7. The Morgan fingerprint density at radius 2 is 1.85 bits per heavy atom. The van der Waals surface area contributed by atoms with Gasteiger partial charge in [-0.1, -0.05) is 32.0 Å². The molecule has 0 unspecified atom stereocenters. The number of aromatic nitrogens is 3. The molecule has 0 radical (unpaired) electrons. The zero-order valence-corrected chi connectivity index (χ0v) is 23.9. The van der Waals surface area contributed by atoms with Crippen LogP contribution < -0.4 is 9.62 Å². The Morgan fingerprint density at radius 3 is 2.51 bits per heavy atom. The van der Waals surface area contributed by atoms with Gasteiger partial charge in [-0.15, -0.1) is 0 Å². The van der Waals surface area contributed by atoms with Crippen molar-refractivity contribution in [1.82, 2.24) is 19.5 Å². The van der Waals surface area contributed by atoms with Crippen LogP contribution in [0, 0.1) is 11.3 Å². The van der Waals surface area contributed by atoms with Crippen molar-refractivity contribution >= 4 is 21.7 Å². The second-order valence-corrected chi connectivity index (χ2v) is 13.6. The van der Waals surface area contributed by atoms with Crippen LogP contribution in [0.25, 0.3) is 5.82 Å². The van der Waals surface area contributed by atoms with Crippen molar-refractivity contribution in [2.24, 2.45) is 11.3 Å². The van der Waals surface area contributed by atoms with Crippen molar-refractivity contribution in [1.29, 1.82) is 0 Å². The van der Waals surface area contributed by atoms with Crippen LogP contribution in [0.3, 0.4) is 0 Å². The van der Waals surface area contributed by atoms with Crippen molar-refractivity contribution in [2.75, 3.05) is 18.1 Å². The number of rotatable bonds is 10. The maximum absolute atomic E-state index is 13.4. The summed E-state index contributed by atoms with van der Waals surface area (Å²) in [5, 5.41) is 4.64. The smallest absolute Gasteiger partial charge is 0.268 e. The average Bonchev–Trinajstić information content (AvgIpc) is 3.31. The summed E-state index contributed by atoms with van der Waals surface area (Å²) in [5.74, 6) is 0.649. The van der Waals surface area contributed by atoms with Gasteiger partial charge in [0.15, 0.2) is 5.82 Å². The largest absolute Gasteiger partial charge is 0.375 e. The molecule has 3 aromatic rings. The zero-order valence-electron chi connectivity index (χ0n) is 23.1. The number of nitrogens with one attached hydrogen (secondary N) is 1. The number of carbonyl (C=O) groups excluding carboxylic acids is 1. The molecule has 1 aromatic carbocycles. The van der Waals surface area contributed by atoms with Crippen molar-refractivity contribution in [3.05, 3.63) is 66.0 Å². The molecule has 1 saturated carbocycles. The highest BCUT2D eigenvalue weighted by Gasteiger charge is 2.39. The van der Waals surface area contributed by atoms with E-state index in [-0.39, 0.29) is 16.0 Å². The fourth-order valence-electron chi connectivity index (χ4n) is 5.27. The summed E-state index contributed by atoms with van der Waals surface area (Å²) in [5.41, 5.74) is 1.18. The fraction of sp³-hybridized carbons (Fsp3) is 0.483. The lowest BCUT2D eigenvalue weighted by Crippen LogP contribution is -2.41. The van der Waals surface area contributed by atoms with Crippen LogP contribution in [-0.2, 0) is 21.4 Å². The van der Waals surface area contributed by atoms with E-state index in [9.17, 15) is 13.2 Å². The van der Waals surface area contributed by atoms with E-state index >= 15 is 0 Å². The molecule has 208 valence electrons. The minimum atomic E-state index is -4.04. The first-order valence-corrected chi connectivity index (χ1v) is 15.0. The Labute approximate surface area is 230 Å². The molecule has 1 aliphatic carbocycles. The molecule has 1 N–H and O–H groups in total. The summed E-state index contributed by atoms with van der Waals surface area (Å²) in [7, 11) is -4.04. The minimum Gasteiger partial charge on any atom is -0.375 e. The lowest BCUT2D eigenvalue weighted by molar-refractivity contribution is 0.0981. The first-order valence-electron chi connectivity index (χ1n) is 13.5. The standard InChI is InChI=1S/C29H37N5O4S/c1-21-18-28(2,3)33(19-21)26-24(27(35)32-39(36,37)23-8-6-5-7-9-23)10-11-25(30-26)34-16-12-22(31-34)20-38-17-15-29(4)13-14-29/h5-12,16,21H,13-15,17-20H2,1-4H3,(H,32,35)/t21-/m0/s1. The van der Waals surface area contributed by atoms with Crippen LogP contribution in [0.15, 0.2) is 59.6 Å². The lowest BCUT2D eigenvalue weighted by Gasteiger charge is -2.34. The number of hydrogen-bond donors (Lipinski definition) is 1. The van der Waals surface area contributed by atoms with Crippen molar-refractivity contribution in [3.8, 4) is 5.82 Å². The van der Waals surface area contributed by atoms with Crippen LogP contribution in [0.1, 0.15) is 69.4 Å². The molecule has 2 aliphatic rings. The third-order valence-corrected chi connectivity index (χ3v) is 9.14. The first-order chi connectivity index (χ1) is 18.5. The third-order valence-electron chi connectivity index (χ3n) is 7.80. The summed E-state index contributed by atoms with van der Waals surface area (Å²) < 4.78 is 35.5. The van der Waals surface area contributed by atoms with Crippen molar-refractivity contribution < 1.29 is 17.9 Å². The number of anilines is 1. The Hall–Kier alpha value is -3.24.